The maximum atomic E-state index is 10.6. The molecule has 4 nitrogen and oxygen atoms in total. The van der Waals surface area contributed by atoms with Gasteiger partial charge in [0.2, 0.25) is 0 Å². The zero-order chi connectivity index (χ0) is 13.8. The van der Waals surface area contributed by atoms with E-state index in [1.54, 1.807) is 6.07 Å². The van der Waals surface area contributed by atoms with Crippen molar-refractivity contribution in [3.63, 3.8) is 0 Å². The van der Waals surface area contributed by atoms with Gasteiger partial charge in [-0.1, -0.05) is 24.9 Å². The summed E-state index contributed by atoms with van der Waals surface area (Å²) in [5.41, 5.74) is 0.955. The smallest absolute Gasteiger partial charge is 0.270 e. The topological polar surface area (TPSA) is 55.2 Å². The van der Waals surface area contributed by atoms with E-state index in [0.717, 1.165) is 23.9 Å². The van der Waals surface area contributed by atoms with Crippen LogP contribution in [0.2, 0.25) is 5.02 Å². The third-order valence-corrected chi connectivity index (χ3v) is 4.15. The molecule has 2 rings (SSSR count). The van der Waals surface area contributed by atoms with Gasteiger partial charge in [-0.2, -0.15) is 0 Å². The van der Waals surface area contributed by atoms with Gasteiger partial charge in [-0.25, -0.2) is 0 Å². The lowest BCUT2D eigenvalue weighted by Crippen LogP contribution is -2.21. The molecule has 1 aromatic carbocycles. The molecule has 0 bridgehead atoms. The highest BCUT2D eigenvalue weighted by molar-refractivity contribution is 6.31. The number of hydrogen-bond acceptors (Lipinski definition) is 3. The van der Waals surface area contributed by atoms with Crippen molar-refractivity contribution < 1.29 is 4.92 Å². The Kier molecular flexibility index (Phi) is 4.77. The molecular formula is C14H19ClN2O2. The third kappa shape index (κ3) is 3.91. The number of nitrogens with one attached hydrogen (secondary N) is 1. The fourth-order valence-corrected chi connectivity index (χ4v) is 2.96. The van der Waals surface area contributed by atoms with Crippen molar-refractivity contribution in [2.45, 2.75) is 32.7 Å². The van der Waals surface area contributed by atoms with Gasteiger partial charge in [0.05, 0.1) is 9.95 Å². The molecule has 2 unspecified atom stereocenters. The SMILES string of the molecule is CC1CCC(CNCc2ccc([N+](=O)[O-])cc2Cl)C1. The van der Waals surface area contributed by atoms with E-state index in [-0.39, 0.29) is 5.69 Å². The number of rotatable bonds is 5. The van der Waals surface area contributed by atoms with Crippen LogP contribution >= 0.6 is 11.6 Å². The van der Waals surface area contributed by atoms with Crippen molar-refractivity contribution in [2.24, 2.45) is 11.8 Å². The second-order valence-electron chi connectivity index (χ2n) is 5.45. The molecule has 1 fully saturated rings. The Labute approximate surface area is 118 Å². The molecule has 0 saturated heterocycles. The van der Waals surface area contributed by atoms with Crippen LogP contribution in [-0.4, -0.2) is 11.5 Å². The Morgan fingerprint density at radius 3 is 2.84 bits per heavy atom. The van der Waals surface area contributed by atoms with Crippen LogP contribution in [-0.2, 0) is 6.54 Å². The highest BCUT2D eigenvalue weighted by atomic mass is 35.5. The van der Waals surface area contributed by atoms with Gasteiger partial charge in [-0.3, -0.25) is 10.1 Å². The van der Waals surface area contributed by atoms with Gasteiger partial charge in [0.15, 0.2) is 0 Å². The van der Waals surface area contributed by atoms with Crippen LogP contribution in [0.3, 0.4) is 0 Å². The number of non-ortho nitro benzene ring substituents is 1. The fourth-order valence-electron chi connectivity index (χ4n) is 2.71. The number of nitro groups is 1. The second kappa shape index (κ2) is 6.35. The first kappa shape index (κ1) is 14.3. The maximum Gasteiger partial charge on any atom is 0.270 e. The van der Waals surface area contributed by atoms with E-state index in [9.17, 15) is 10.1 Å². The van der Waals surface area contributed by atoms with E-state index in [0.29, 0.717) is 11.6 Å². The van der Waals surface area contributed by atoms with Crippen LogP contribution in [0.15, 0.2) is 18.2 Å². The molecule has 5 heteroatoms. The molecule has 0 radical (unpaired) electrons. The van der Waals surface area contributed by atoms with Crippen molar-refractivity contribution in [2.75, 3.05) is 6.54 Å². The van der Waals surface area contributed by atoms with Crippen LogP contribution < -0.4 is 5.32 Å². The Morgan fingerprint density at radius 1 is 1.47 bits per heavy atom. The summed E-state index contributed by atoms with van der Waals surface area (Å²) in [5, 5.41) is 14.5. The minimum absolute atomic E-state index is 0.0402. The van der Waals surface area contributed by atoms with E-state index in [2.05, 4.69) is 12.2 Å². The van der Waals surface area contributed by atoms with Gasteiger partial charge < -0.3 is 5.32 Å². The molecule has 0 spiro atoms. The van der Waals surface area contributed by atoms with Crippen LogP contribution in [0, 0.1) is 22.0 Å². The predicted molar refractivity (Wildman–Crippen MR) is 76.3 cm³/mol. The van der Waals surface area contributed by atoms with Gasteiger partial charge in [0.25, 0.3) is 5.69 Å². The van der Waals surface area contributed by atoms with E-state index in [4.69, 9.17) is 11.6 Å². The molecule has 1 aromatic rings. The summed E-state index contributed by atoms with van der Waals surface area (Å²) in [4.78, 5) is 10.2. The van der Waals surface area contributed by atoms with Crippen LogP contribution in [0.4, 0.5) is 5.69 Å². The Bertz CT molecular complexity index is 465. The normalized spacial score (nSPS) is 22.6. The zero-order valence-corrected chi connectivity index (χ0v) is 11.8. The molecular weight excluding hydrogens is 264 g/mol. The number of halogens is 1. The quantitative estimate of drug-likeness (QED) is 0.660. The van der Waals surface area contributed by atoms with Crippen molar-refractivity contribution in [1.29, 1.82) is 0 Å². The molecule has 1 aliphatic carbocycles. The van der Waals surface area contributed by atoms with E-state index >= 15 is 0 Å². The van der Waals surface area contributed by atoms with E-state index < -0.39 is 4.92 Å². The second-order valence-corrected chi connectivity index (χ2v) is 5.86. The Balaban J connectivity index is 1.84. The first-order chi connectivity index (χ1) is 9.06. The van der Waals surface area contributed by atoms with Crippen molar-refractivity contribution >= 4 is 17.3 Å². The lowest BCUT2D eigenvalue weighted by molar-refractivity contribution is -0.384. The summed E-state index contributed by atoms with van der Waals surface area (Å²) in [5.74, 6) is 1.60. The molecule has 1 N–H and O–H groups in total. The van der Waals surface area contributed by atoms with E-state index in [1.165, 1.54) is 31.4 Å². The summed E-state index contributed by atoms with van der Waals surface area (Å²) in [6, 6.07) is 4.64. The molecule has 19 heavy (non-hydrogen) atoms. The highest BCUT2D eigenvalue weighted by Gasteiger charge is 2.20. The van der Waals surface area contributed by atoms with Gasteiger partial charge >= 0.3 is 0 Å². The standard InChI is InChI=1S/C14H19ClN2O2/c1-10-2-3-11(6-10)8-16-9-12-4-5-13(17(18)19)7-14(12)15/h4-5,7,10-11,16H,2-3,6,8-9H2,1H3. The lowest BCUT2D eigenvalue weighted by atomic mass is 10.1. The molecule has 0 heterocycles. The third-order valence-electron chi connectivity index (χ3n) is 3.80. The summed E-state index contributed by atoms with van der Waals surface area (Å²) >= 11 is 6.05. The zero-order valence-electron chi connectivity index (χ0n) is 11.1. The summed E-state index contributed by atoms with van der Waals surface area (Å²) in [6.07, 6.45) is 3.91. The lowest BCUT2D eigenvalue weighted by Gasteiger charge is -2.11. The monoisotopic (exact) mass is 282 g/mol. The molecule has 0 aromatic heterocycles. The fraction of sp³-hybridized carbons (Fsp3) is 0.571. The van der Waals surface area contributed by atoms with Crippen molar-refractivity contribution in [3.05, 3.63) is 38.9 Å². The average Bonchev–Trinajstić information content (AvgIpc) is 2.77. The average molecular weight is 283 g/mol. The Hall–Kier alpha value is -1.13. The maximum absolute atomic E-state index is 10.6. The number of hydrogen-bond donors (Lipinski definition) is 1. The van der Waals surface area contributed by atoms with Crippen LogP contribution in [0.25, 0.3) is 0 Å². The van der Waals surface area contributed by atoms with Crippen LogP contribution in [0.5, 0.6) is 0 Å². The molecule has 1 saturated carbocycles. The summed E-state index contributed by atoms with van der Waals surface area (Å²) < 4.78 is 0. The van der Waals surface area contributed by atoms with Gasteiger partial charge in [-0.15, -0.1) is 0 Å². The van der Waals surface area contributed by atoms with Gasteiger partial charge in [0.1, 0.15) is 0 Å². The molecule has 2 atom stereocenters. The van der Waals surface area contributed by atoms with E-state index in [1.807, 2.05) is 0 Å². The minimum atomic E-state index is -0.428. The highest BCUT2D eigenvalue weighted by Crippen LogP contribution is 2.29. The molecule has 104 valence electrons. The van der Waals surface area contributed by atoms with Crippen molar-refractivity contribution in [3.8, 4) is 0 Å². The summed E-state index contributed by atoms with van der Waals surface area (Å²) in [6.45, 7) is 3.96. The van der Waals surface area contributed by atoms with Crippen LogP contribution in [0.1, 0.15) is 31.7 Å². The van der Waals surface area contributed by atoms with Crippen molar-refractivity contribution in [1.82, 2.24) is 5.32 Å². The van der Waals surface area contributed by atoms with Gasteiger partial charge in [0, 0.05) is 18.7 Å². The number of nitro benzene ring substituents is 1. The molecule has 0 aliphatic heterocycles. The minimum Gasteiger partial charge on any atom is -0.312 e. The first-order valence-corrected chi connectivity index (χ1v) is 7.07. The molecule has 0 amide bonds. The Morgan fingerprint density at radius 2 is 2.26 bits per heavy atom. The predicted octanol–water partition coefficient (Wildman–Crippen LogP) is 3.77. The first-order valence-electron chi connectivity index (χ1n) is 6.70. The molecule has 1 aliphatic rings. The largest absolute Gasteiger partial charge is 0.312 e. The van der Waals surface area contributed by atoms with Gasteiger partial charge in [-0.05, 0) is 42.9 Å². The number of benzene rings is 1. The number of nitrogens with zero attached hydrogens (tertiary/aromatic N) is 1. The summed E-state index contributed by atoms with van der Waals surface area (Å²) in [7, 11) is 0.